The zero-order chi connectivity index (χ0) is 24.8. The molecule has 2 amide bonds. The van der Waals surface area contributed by atoms with Crippen LogP contribution in [0.3, 0.4) is 0 Å². The van der Waals surface area contributed by atoms with Crippen molar-refractivity contribution in [2.45, 2.75) is 70.4 Å². The van der Waals surface area contributed by atoms with Crippen LogP contribution < -0.4 is 5.32 Å². The van der Waals surface area contributed by atoms with Gasteiger partial charge in [0.1, 0.15) is 18.7 Å². The van der Waals surface area contributed by atoms with E-state index in [1.807, 2.05) is 19.9 Å². The lowest BCUT2D eigenvalue weighted by Gasteiger charge is -2.39. The largest absolute Gasteiger partial charge is 0.480 e. The van der Waals surface area contributed by atoms with E-state index in [-0.39, 0.29) is 30.4 Å². The van der Waals surface area contributed by atoms with Crippen molar-refractivity contribution in [3.8, 4) is 0 Å². The van der Waals surface area contributed by atoms with Gasteiger partial charge in [0.2, 0.25) is 5.91 Å². The number of fused-ring (bicyclic) bond motifs is 1. The maximum absolute atomic E-state index is 13.5. The Balaban J connectivity index is 1.46. The number of piperidine rings is 1. The van der Waals surface area contributed by atoms with Gasteiger partial charge in [-0.3, -0.25) is 4.79 Å². The van der Waals surface area contributed by atoms with Gasteiger partial charge in [-0.1, -0.05) is 44.2 Å². The second-order valence-corrected chi connectivity index (χ2v) is 10.1. The summed E-state index contributed by atoms with van der Waals surface area (Å²) in [6.45, 7) is 5.67. The predicted octanol–water partition coefficient (Wildman–Crippen LogP) is 3.05. The van der Waals surface area contributed by atoms with E-state index in [9.17, 15) is 28.3 Å². The fourth-order valence-corrected chi connectivity index (χ4v) is 5.33. The molecule has 2 saturated carbocycles. The predicted molar refractivity (Wildman–Crippen MR) is 116 cm³/mol. The van der Waals surface area contributed by atoms with Crippen molar-refractivity contribution >= 4 is 18.0 Å². The van der Waals surface area contributed by atoms with Crippen molar-refractivity contribution in [1.82, 2.24) is 10.2 Å². The Kier molecular flexibility index (Phi) is 6.30. The Morgan fingerprint density at radius 1 is 1.21 bits per heavy atom. The number of carbonyl (C=O) groups excluding carboxylic acids is 2. The molecule has 0 bridgehead atoms. The lowest BCUT2D eigenvalue weighted by atomic mass is 9.90. The molecule has 0 radical (unpaired) electrons. The van der Waals surface area contributed by atoms with Gasteiger partial charge in [-0.25, -0.2) is 18.4 Å². The molecule has 1 saturated heterocycles. The molecule has 1 aromatic rings. The summed E-state index contributed by atoms with van der Waals surface area (Å²) in [5.41, 5.74) is 0.561. The van der Waals surface area contributed by atoms with Crippen LogP contribution in [0.5, 0.6) is 0 Å². The number of carbonyl (C=O) groups is 3. The topological polar surface area (TPSA) is 105 Å². The average Bonchev–Trinajstić information content (AvgIpc) is 3.10. The summed E-state index contributed by atoms with van der Waals surface area (Å²) in [6, 6.07) is 6.65. The first kappa shape index (κ1) is 24.4. The molecule has 3 fully saturated rings. The van der Waals surface area contributed by atoms with Crippen molar-refractivity contribution in [3.63, 3.8) is 0 Å². The van der Waals surface area contributed by atoms with E-state index in [0.29, 0.717) is 0 Å². The fraction of sp³-hybridized carbons (Fsp3) is 0.625. The molecule has 0 spiro atoms. The summed E-state index contributed by atoms with van der Waals surface area (Å²) in [6.07, 6.45) is -3.51. The molecular weight excluding hydrogens is 450 g/mol. The van der Waals surface area contributed by atoms with Gasteiger partial charge in [0.25, 0.3) is 5.92 Å². The molecule has 2 aliphatic carbocycles. The first-order chi connectivity index (χ1) is 15.9. The molecule has 34 heavy (non-hydrogen) atoms. The van der Waals surface area contributed by atoms with Crippen molar-refractivity contribution in [3.05, 3.63) is 35.9 Å². The van der Waals surface area contributed by atoms with Crippen molar-refractivity contribution < 1.29 is 37.7 Å². The molecular formula is C24H30F2N2O6. The fourth-order valence-electron chi connectivity index (χ4n) is 5.33. The van der Waals surface area contributed by atoms with Crippen LogP contribution in [0.15, 0.2) is 30.3 Å². The van der Waals surface area contributed by atoms with E-state index in [4.69, 9.17) is 9.47 Å². The van der Waals surface area contributed by atoms with Gasteiger partial charge in [0.05, 0.1) is 12.2 Å². The minimum absolute atomic E-state index is 0.0303. The van der Waals surface area contributed by atoms with E-state index in [1.54, 1.807) is 24.3 Å². The number of carboxylic acids is 1. The summed E-state index contributed by atoms with van der Waals surface area (Å²) in [4.78, 5) is 39.3. The number of aliphatic carboxylic acids is 1. The molecule has 2 N–H and O–H groups in total. The van der Waals surface area contributed by atoms with Crippen LogP contribution in [0.2, 0.25) is 0 Å². The third-order valence-electron chi connectivity index (χ3n) is 7.43. The molecule has 4 rings (SSSR count). The van der Waals surface area contributed by atoms with Gasteiger partial charge in [0, 0.05) is 25.3 Å². The highest BCUT2D eigenvalue weighted by Gasteiger charge is 2.70. The van der Waals surface area contributed by atoms with Gasteiger partial charge in [-0.05, 0) is 23.8 Å². The minimum atomic E-state index is -2.80. The maximum atomic E-state index is 13.5. The van der Waals surface area contributed by atoms with Crippen molar-refractivity contribution in [2.24, 2.45) is 17.3 Å². The quantitative estimate of drug-likeness (QED) is 0.593. The maximum Gasteiger partial charge on any atom is 0.408 e. The highest BCUT2D eigenvalue weighted by atomic mass is 19.3. The van der Waals surface area contributed by atoms with Gasteiger partial charge < -0.3 is 24.8 Å². The number of ether oxygens (including phenoxy) is 2. The molecule has 186 valence electrons. The van der Waals surface area contributed by atoms with Crippen LogP contribution in [0, 0.1) is 17.3 Å². The van der Waals surface area contributed by atoms with Crippen LogP contribution >= 0.6 is 0 Å². The first-order valence-corrected chi connectivity index (χ1v) is 11.4. The summed E-state index contributed by atoms with van der Waals surface area (Å²) in [5.74, 6) is -4.66. The normalized spacial score (nSPS) is 28.3. The molecule has 1 heterocycles. The molecule has 3 aliphatic rings. The minimum Gasteiger partial charge on any atom is -0.480 e. The number of nitrogens with one attached hydrogen (secondary N) is 1. The van der Waals surface area contributed by atoms with Crippen LogP contribution in [0.1, 0.15) is 39.2 Å². The second-order valence-electron chi connectivity index (χ2n) is 10.1. The Bertz CT molecular complexity index is 948. The number of alkyl halides is 2. The number of rotatable bonds is 8. The molecule has 0 unspecified atom stereocenters. The smallest absolute Gasteiger partial charge is 0.408 e. The van der Waals surface area contributed by atoms with Gasteiger partial charge >= 0.3 is 12.1 Å². The third-order valence-corrected chi connectivity index (χ3v) is 7.43. The van der Waals surface area contributed by atoms with E-state index >= 15 is 0 Å². The Morgan fingerprint density at radius 3 is 2.44 bits per heavy atom. The van der Waals surface area contributed by atoms with Crippen LogP contribution in [-0.4, -0.2) is 64.7 Å². The highest BCUT2D eigenvalue weighted by molar-refractivity contribution is 5.91. The Morgan fingerprint density at radius 2 is 1.85 bits per heavy atom. The number of amides is 2. The molecule has 5 atom stereocenters. The Hall–Kier alpha value is -2.75. The average molecular weight is 481 g/mol. The third kappa shape index (κ3) is 4.73. The summed E-state index contributed by atoms with van der Waals surface area (Å²) in [7, 11) is 0. The standard InChI is InChI=1S/C24H30F2N2O6/c1-13(34-15-9-24(25,26)10-15)18(27-22(32)33-12-14-7-5-4-6-8-14)20(29)28-11-16-17(23(16,2)3)19(28)21(30)31/h4-8,13,15-19H,9-12H2,1-3H3,(H,27,32)(H,30,31)/t13-,16+,17+,18+,19+/m1/s1. The zero-order valence-corrected chi connectivity index (χ0v) is 19.4. The highest BCUT2D eigenvalue weighted by Crippen LogP contribution is 2.64. The zero-order valence-electron chi connectivity index (χ0n) is 19.4. The summed E-state index contributed by atoms with van der Waals surface area (Å²) in [5, 5.41) is 12.3. The lowest BCUT2D eigenvalue weighted by molar-refractivity contribution is -0.185. The van der Waals surface area contributed by atoms with Crippen LogP contribution in [0.25, 0.3) is 0 Å². The van der Waals surface area contributed by atoms with Crippen molar-refractivity contribution in [2.75, 3.05) is 6.54 Å². The number of likely N-dealkylation sites (tertiary alicyclic amines) is 1. The van der Waals surface area contributed by atoms with Crippen molar-refractivity contribution in [1.29, 1.82) is 0 Å². The number of halogens is 2. The van der Waals surface area contributed by atoms with E-state index in [2.05, 4.69) is 5.32 Å². The Labute approximate surface area is 196 Å². The van der Waals surface area contributed by atoms with Gasteiger partial charge in [0.15, 0.2) is 0 Å². The molecule has 1 aromatic carbocycles. The van der Waals surface area contributed by atoms with Gasteiger partial charge in [-0.15, -0.1) is 0 Å². The summed E-state index contributed by atoms with van der Waals surface area (Å²) < 4.78 is 37.4. The van der Waals surface area contributed by atoms with E-state index in [0.717, 1.165) is 5.56 Å². The number of alkyl carbamates (subject to hydrolysis) is 1. The summed E-state index contributed by atoms with van der Waals surface area (Å²) >= 11 is 0. The number of nitrogens with zero attached hydrogens (tertiary/aromatic N) is 1. The number of benzene rings is 1. The first-order valence-electron chi connectivity index (χ1n) is 11.4. The monoisotopic (exact) mass is 480 g/mol. The van der Waals surface area contributed by atoms with Crippen LogP contribution in [0.4, 0.5) is 13.6 Å². The molecule has 0 aromatic heterocycles. The van der Waals surface area contributed by atoms with Crippen LogP contribution in [-0.2, 0) is 25.7 Å². The SMILES string of the molecule is C[C@@H](OC1CC(F)(F)C1)[C@H](NC(=O)OCc1ccccc1)C(=O)N1C[C@H]2[C@@H]([C@H]1C(=O)O)C2(C)C. The second kappa shape index (κ2) is 8.79. The number of hydrogen-bond donors (Lipinski definition) is 2. The van der Waals surface area contributed by atoms with Gasteiger partial charge in [-0.2, -0.15) is 0 Å². The van der Waals surface area contributed by atoms with E-state index < -0.39 is 61.0 Å². The molecule has 10 heteroatoms. The molecule has 1 aliphatic heterocycles. The van der Waals surface area contributed by atoms with E-state index in [1.165, 1.54) is 11.8 Å². The lowest BCUT2D eigenvalue weighted by Crippen LogP contribution is -2.59. The molecule has 8 nitrogen and oxygen atoms in total. The number of carboxylic acid groups (broad SMARTS) is 1. The number of hydrogen-bond acceptors (Lipinski definition) is 5.